The molecule has 0 spiro atoms. The average molecular weight is 267 g/mol. The SMILES string of the molecule is CNC(=O)C1CC(C(=O)c2ccc(Cl)cc2)CN1. The van der Waals surface area contributed by atoms with Gasteiger partial charge in [0.15, 0.2) is 5.78 Å². The summed E-state index contributed by atoms with van der Waals surface area (Å²) in [5.74, 6) is -0.152. The van der Waals surface area contributed by atoms with Crippen LogP contribution in [-0.4, -0.2) is 31.3 Å². The van der Waals surface area contributed by atoms with E-state index < -0.39 is 0 Å². The summed E-state index contributed by atoms with van der Waals surface area (Å²) in [5.41, 5.74) is 0.642. The summed E-state index contributed by atoms with van der Waals surface area (Å²) in [7, 11) is 1.60. The Hall–Kier alpha value is -1.39. The molecule has 1 aliphatic heterocycles. The summed E-state index contributed by atoms with van der Waals surface area (Å²) in [6.07, 6.45) is 0.543. The molecule has 1 aromatic carbocycles. The number of nitrogens with one attached hydrogen (secondary N) is 2. The van der Waals surface area contributed by atoms with Crippen molar-refractivity contribution in [2.75, 3.05) is 13.6 Å². The second-order valence-corrected chi connectivity index (χ2v) is 4.82. The van der Waals surface area contributed by atoms with Crippen LogP contribution in [0.2, 0.25) is 5.02 Å². The lowest BCUT2D eigenvalue weighted by atomic mass is 9.95. The van der Waals surface area contributed by atoms with Gasteiger partial charge in [0.1, 0.15) is 0 Å². The molecule has 1 saturated heterocycles. The Morgan fingerprint density at radius 1 is 1.33 bits per heavy atom. The number of amides is 1. The van der Waals surface area contributed by atoms with Crippen LogP contribution in [0.3, 0.4) is 0 Å². The molecule has 4 nitrogen and oxygen atoms in total. The summed E-state index contributed by atoms with van der Waals surface area (Å²) < 4.78 is 0. The Bertz CT molecular complexity index is 459. The van der Waals surface area contributed by atoms with Crippen LogP contribution in [0.25, 0.3) is 0 Å². The van der Waals surface area contributed by atoms with E-state index >= 15 is 0 Å². The number of hydrogen-bond donors (Lipinski definition) is 2. The van der Waals surface area contributed by atoms with Crippen LogP contribution in [0.15, 0.2) is 24.3 Å². The van der Waals surface area contributed by atoms with Gasteiger partial charge in [-0.2, -0.15) is 0 Å². The minimum absolute atomic E-state index is 0.0607. The highest BCUT2D eigenvalue weighted by atomic mass is 35.5. The number of benzene rings is 1. The van der Waals surface area contributed by atoms with Crippen LogP contribution >= 0.6 is 11.6 Å². The van der Waals surface area contributed by atoms with Gasteiger partial charge in [0, 0.05) is 30.1 Å². The molecule has 0 radical (unpaired) electrons. The van der Waals surface area contributed by atoms with Crippen LogP contribution in [0.1, 0.15) is 16.8 Å². The van der Waals surface area contributed by atoms with Crippen molar-refractivity contribution < 1.29 is 9.59 Å². The molecule has 0 saturated carbocycles. The van der Waals surface area contributed by atoms with E-state index in [9.17, 15) is 9.59 Å². The maximum Gasteiger partial charge on any atom is 0.236 e. The molecule has 2 atom stereocenters. The van der Waals surface area contributed by atoms with Gasteiger partial charge in [0.05, 0.1) is 6.04 Å². The van der Waals surface area contributed by atoms with Crippen molar-refractivity contribution >= 4 is 23.3 Å². The highest BCUT2D eigenvalue weighted by Crippen LogP contribution is 2.20. The predicted molar refractivity (Wildman–Crippen MR) is 69.7 cm³/mol. The molecule has 18 heavy (non-hydrogen) atoms. The second-order valence-electron chi connectivity index (χ2n) is 4.38. The third-order valence-electron chi connectivity index (χ3n) is 3.19. The number of carbonyl (C=O) groups is 2. The summed E-state index contributed by atoms with van der Waals surface area (Å²) in [6, 6.07) is 6.58. The first-order chi connectivity index (χ1) is 8.61. The van der Waals surface area contributed by atoms with Crippen LogP contribution < -0.4 is 10.6 Å². The van der Waals surface area contributed by atoms with E-state index in [0.717, 1.165) is 0 Å². The topological polar surface area (TPSA) is 58.2 Å². The van der Waals surface area contributed by atoms with Gasteiger partial charge < -0.3 is 10.6 Å². The van der Waals surface area contributed by atoms with E-state index in [0.29, 0.717) is 23.6 Å². The number of ketones is 1. The molecule has 96 valence electrons. The minimum atomic E-state index is -0.267. The smallest absolute Gasteiger partial charge is 0.236 e. The summed E-state index contributed by atoms with van der Waals surface area (Å²) in [5, 5.41) is 6.25. The molecule has 5 heteroatoms. The lowest BCUT2D eigenvalue weighted by Crippen LogP contribution is -2.38. The third-order valence-corrected chi connectivity index (χ3v) is 3.45. The van der Waals surface area contributed by atoms with Gasteiger partial charge in [-0.15, -0.1) is 0 Å². The molecule has 2 N–H and O–H groups in total. The zero-order chi connectivity index (χ0) is 13.1. The fourth-order valence-corrected chi connectivity index (χ4v) is 2.29. The number of likely N-dealkylation sites (N-methyl/N-ethyl adjacent to an activating group) is 1. The zero-order valence-electron chi connectivity index (χ0n) is 10.1. The van der Waals surface area contributed by atoms with Gasteiger partial charge in [-0.05, 0) is 30.7 Å². The summed E-state index contributed by atoms with van der Waals surface area (Å²) in [6.45, 7) is 0.541. The molecule has 1 aromatic rings. The van der Waals surface area contributed by atoms with E-state index in [1.807, 2.05) is 0 Å². The quantitative estimate of drug-likeness (QED) is 0.810. The van der Waals surface area contributed by atoms with Gasteiger partial charge in [0.25, 0.3) is 0 Å². The minimum Gasteiger partial charge on any atom is -0.358 e. The standard InChI is InChI=1S/C13H15ClN2O2/c1-15-13(18)11-6-9(7-16-11)12(17)8-2-4-10(14)5-3-8/h2-5,9,11,16H,6-7H2,1H3,(H,15,18). The number of carbonyl (C=O) groups excluding carboxylic acids is 2. The molecule has 0 bridgehead atoms. The molecule has 1 aliphatic rings. The normalized spacial score (nSPS) is 22.8. The highest BCUT2D eigenvalue weighted by molar-refractivity contribution is 6.30. The molecular weight excluding hydrogens is 252 g/mol. The maximum absolute atomic E-state index is 12.2. The van der Waals surface area contributed by atoms with Gasteiger partial charge >= 0.3 is 0 Å². The summed E-state index contributed by atoms with van der Waals surface area (Å²) >= 11 is 5.78. The second kappa shape index (κ2) is 5.50. The largest absolute Gasteiger partial charge is 0.358 e. The monoisotopic (exact) mass is 266 g/mol. The number of halogens is 1. The van der Waals surface area contributed by atoms with Crippen molar-refractivity contribution in [3.8, 4) is 0 Å². The van der Waals surface area contributed by atoms with Crippen molar-refractivity contribution in [1.29, 1.82) is 0 Å². The lowest BCUT2D eigenvalue weighted by Gasteiger charge is -2.08. The first-order valence-corrected chi connectivity index (χ1v) is 6.24. The van der Waals surface area contributed by atoms with Crippen LogP contribution in [0.5, 0.6) is 0 Å². The van der Waals surface area contributed by atoms with Crippen LogP contribution in [0.4, 0.5) is 0 Å². The van der Waals surface area contributed by atoms with Crippen LogP contribution in [0, 0.1) is 5.92 Å². The van der Waals surface area contributed by atoms with E-state index in [1.165, 1.54) is 0 Å². The summed E-state index contributed by atoms with van der Waals surface area (Å²) in [4.78, 5) is 23.7. The Kier molecular flexibility index (Phi) is 3.99. The van der Waals surface area contributed by atoms with Gasteiger partial charge in [-0.3, -0.25) is 9.59 Å². The van der Waals surface area contributed by atoms with E-state index in [1.54, 1.807) is 31.3 Å². The average Bonchev–Trinajstić information content (AvgIpc) is 2.87. The first-order valence-electron chi connectivity index (χ1n) is 5.86. The van der Waals surface area contributed by atoms with Crippen molar-refractivity contribution in [3.63, 3.8) is 0 Å². The third kappa shape index (κ3) is 2.71. The van der Waals surface area contributed by atoms with E-state index in [2.05, 4.69) is 10.6 Å². The Morgan fingerprint density at radius 2 is 2.00 bits per heavy atom. The fourth-order valence-electron chi connectivity index (χ4n) is 2.16. The molecule has 2 rings (SSSR count). The van der Waals surface area contributed by atoms with E-state index in [-0.39, 0.29) is 23.7 Å². The Labute approximate surface area is 111 Å². The molecule has 1 amide bonds. The first kappa shape index (κ1) is 13.1. The molecule has 2 unspecified atom stereocenters. The zero-order valence-corrected chi connectivity index (χ0v) is 10.8. The molecule has 0 aromatic heterocycles. The maximum atomic E-state index is 12.2. The van der Waals surface area contributed by atoms with Crippen molar-refractivity contribution in [1.82, 2.24) is 10.6 Å². The number of hydrogen-bond acceptors (Lipinski definition) is 3. The van der Waals surface area contributed by atoms with E-state index in [4.69, 9.17) is 11.6 Å². The molecular formula is C13H15ClN2O2. The van der Waals surface area contributed by atoms with Crippen molar-refractivity contribution in [2.45, 2.75) is 12.5 Å². The highest BCUT2D eigenvalue weighted by Gasteiger charge is 2.33. The molecule has 0 aliphatic carbocycles. The van der Waals surface area contributed by atoms with Crippen molar-refractivity contribution in [3.05, 3.63) is 34.9 Å². The van der Waals surface area contributed by atoms with Crippen LogP contribution in [-0.2, 0) is 4.79 Å². The van der Waals surface area contributed by atoms with Gasteiger partial charge in [-0.1, -0.05) is 11.6 Å². The number of rotatable bonds is 3. The molecule has 1 heterocycles. The number of Topliss-reactive ketones (excluding diaryl/α,β-unsaturated/α-hetero) is 1. The Morgan fingerprint density at radius 3 is 2.61 bits per heavy atom. The lowest BCUT2D eigenvalue weighted by molar-refractivity contribution is -0.122. The van der Waals surface area contributed by atoms with Gasteiger partial charge in [-0.25, -0.2) is 0 Å². The van der Waals surface area contributed by atoms with Crippen molar-refractivity contribution in [2.24, 2.45) is 5.92 Å². The predicted octanol–water partition coefficient (Wildman–Crippen LogP) is 1.25. The molecule has 1 fully saturated rings. The fraction of sp³-hybridized carbons (Fsp3) is 0.385. The Balaban J connectivity index is 2.03. The van der Waals surface area contributed by atoms with Gasteiger partial charge in [0.2, 0.25) is 5.91 Å².